The van der Waals surface area contributed by atoms with Crippen molar-refractivity contribution in [3.05, 3.63) is 47.9 Å². The minimum absolute atomic E-state index is 0.149. The molecule has 3 heterocycles. The first-order valence-corrected chi connectivity index (χ1v) is 7.65. The highest BCUT2D eigenvalue weighted by atomic mass is 16.1. The van der Waals surface area contributed by atoms with Gasteiger partial charge in [-0.1, -0.05) is 0 Å². The highest BCUT2D eigenvalue weighted by Gasteiger charge is 2.21. The average molecular weight is 309 g/mol. The molecule has 0 aliphatic carbocycles. The number of aryl methyl sites for hydroxylation is 1. The van der Waals surface area contributed by atoms with E-state index in [-0.39, 0.29) is 5.78 Å². The summed E-state index contributed by atoms with van der Waals surface area (Å²) in [6.07, 6.45) is 3.55. The first kappa shape index (κ1) is 15.3. The van der Waals surface area contributed by atoms with Crippen molar-refractivity contribution < 1.29 is 4.79 Å². The summed E-state index contributed by atoms with van der Waals surface area (Å²) in [6.45, 7) is 3.69. The second-order valence-electron chi connectivity index (χ2n) is 5.71. The van der Waals surface area contributed by atoms with E-state index in [0.717, 1.165) is 37.7 Å². The summed E-state index contributed by atoms with van der Waals surface area (Å²) in [7, 11) is 1.89. The van der Waals surface area contributed by atoms with Gasteiger partial charge in [0.1, 0.15) is 5.82 Å². The van der Waals surface area contributed by atoms with Gasteiger partial charge in [0.2, 0.25) is 0 Å². The van der Waals surface area contributed by atoms with E-state index in [1.807, 2.05) is 36.0 Å². The number of carbonyl (C=O) groups is 1. The van der Waals surface area contributed by atoms with Crippen LogP contribution < -0.4 is 4.90 Å². The van der Waals surface area contributed by atoms with Crippen LogP contribution in [0.1, 0.15) is 16.1 Å². The van der Waals surface area contributed by atoms with Crippen LogP contribution in [0.3, 0.4) is 0 Å². The van der Waals surface area contributed by atoms with Crippen LogP contribution in [0.4, 0.5) is 5.82 Å². The molecule has 0 aromatic carbocycles. The van der Waals surface area contributed by atoms with Crippen molar-refractivity contribution in [1.29, 1.82) is 5.26 Å². The zero-order chi connectivity index (χ0) is 16.2. The lowest BCUT2D eigenvalue weighted by Gasteiger charge is -2.35. The van der Waals surface area contributed by atoms with Crippen LogP contribution in [0.15, 0.2) is 36.7 Å². The van der Waals surface area contributed by atoms with Gasteiger partial charge in [0.05, 0.1) is 23.9 Å². The third kappa shape index (κ3) is 3.41. The van der Waals surface area contributed by atoms with Crippen LogP contribution in [0.25, 0.3) is 0 Å². The van der Waals surface area contributed by atoms with Crippen molar-refractivity contribution >= 4 is 11.6 Å². The molecule has 6 nitrogen and oxygen atoms in total. The molecule has 0 amide bonds. The summed E-state index contributed by atoms with van der Waals surface area (Å²) in [5.41, 5.74) is 1.37. The topological polar surface area (TPSA) is 65.2 Å². The van der Waals surface area contributed by atoms with E-state index in [9.17, 15) is 4.79 Å². The van der Waals surface area contributed by atoms with Gasteiger partial charge < -0.3 is 9.47 Å². The Morgan fingerprint density at radius 2 is 2.09 bits per heavy atom. The van der Waals surface area contributed by atoms with Crippen molar-refractivity contribution in [2.45, 2.75) is 0 Å². The van der Waals surface area contributed by atoms with Gasteiger partial charge in [-0.2, -0.15) is 5.26 Å². The smallest absolute Gasteiger partial charge is 0.193 e. The van der Waals surface area contributed by atoms with Gasteiger partial charge in [0, 0.05) is 45.6 Å². The normalized spacial score (nSPS) is 15.4. The maximum Gasteiger partial charge on any atom is 0.193 e. The van der Waals surface area contributed by atoms with Crippen LogP contribution >= 0.6 is 0 Å². The van der Waals surface area contributed by atoms with Gasteiger partial charge >= 0.3 is 0 Å². The van der Waals surface area contributed by atoms with Gasteiger partial charge in [-0.15, -0.1) is 0 Å². The molecule has 0 atom stereocenters. The number of Topliss-reactive ketones (excluding diaryl/α,β-unsaturated/α-hetero) is 1. The lowest BCUT2D eigenvalue weighted by molar-refractivity contribution is 0.0918. The van der Waals surface area contributed by atoms with Gasteiger partial charge in [-0.05, 0) is 24.3 Å². The predicted molar refractivity (Wildman–Crippen MR) is 87.3 cm³/mol. The summed E-state index contributed by atoms with van der Waals surface area (Å²) in [5, 5.41) is 8.97. The van der Waals surface area contributed by atoms with Crippen molar-refractivity contribution in [2.75, 3.05) is 37.6 Å². The Labute approximate surface area is 135 Å². The molecule has 1 aliphatic rings. The Morgan fingerprint density at radius 3 is 2.74 bits per heavy atom. The Hall–Kier alpha value is -2.65. The SMILES string of the molecule is Cn1cccc1C(=O)CN1CCN(c2cc(C#N)ccn2)CC1. The third-order valence-electron chi connectivity index (χ3n) is 4.17. The van der Waals surface area contributed by atoms with Gasteiger partial charge in [0.25, 0.3) is 0 Å². The van der Waals surface area contributed by atoms with Gasteiger partial charge in [0.15, 0.2) is 5.78 Å². The van der Waals surface area contributed by atoms with E-state index >= 15 is 0 Å². The number of nitrogens with zero attached hydrogens (tertiary/aromatic N) is 5. The monoisotopic (exact) mass is 309 g/mol. The van der Waals surface area contributed by atoms with E-state index in [1.165, 1.54) is 0 Å². The van der Waals surface area contributed by atoms with Crippen molar-refractivity contribution in [1.82, 2.24) is 14.5 Å². The van der Waals surface area contributed by atoms with E-state index in [1.54, 1.807) is 12.3 Å². The third-order valence-corrected chi connectivity index (χ3v) is 4.17. The molecule has 2 aromatic heterocycles. The Bertz CT molecular complexity index is 737. The van der Waals surface area contributed by atoms with Crippen molar-refractivity contribution in [2.24, 2.45) is 7.05 Å². The van der Waals surface area contributed by atoms with Crippen molar-refractivity contribution in [3.63, 3.8) is 0 Å². The van der Waals surface area contributed by atoms with Gasteiger partial charge in [-0.25, -0.2) is 4.98 Å². The van der Waals surface area contributed by atoms with Crippen LogP contribution in [0, 0.1) is 11.3 Å². The number of carbonyl (C=O) groups excluding carboxylic acids is 1. The Morgan fingerprint density at radius 1 is 1.30 bits per heavy atom. The lowest BCUT2D eigenvalue weighted by atomic mass is 10.2. The molecule has 0 radical (unpaired) electrons. The standard InChI is InChI=1S/C17H19N5O/c1-20-6-2-3-15(20)16(23)13-21-7-9-22(10-8-21)17-11-14(12-18)4-5-19-17/h2-6,11H,7-10,13H2,1H3. The number of piperazine rings is 1. The van der Waals surface area contributed by atoms with Crippen LogP contribution in [-0.4, -0.2) is 53.0 Å². The highest BCUT2D eigenvalue weighted by Crippen LogP contribution is 2.15. The van der Waals surface area contributed by atoms with E-state index in [0.29, 0.717) is 12.1 Å². The molecule has 2 aromatic rings. The number of anilines is 1. The molecule has 0 N–H and O–H groups in total. The van der Waals surface area contributed by atoms with E-state index < -0.39 is 0 Å². The molecule has 0 spiro atoms. The molecule has 1 saturated heterocycles. The second kappa shape index (κ2) is 6.63. The zero-order valence-corrected chi connectivity index (χ0v) is 13.1. The first-order chi connectivity index (χ1) is 11.2. The van der Waals surface area contributed by atoms with Gasteiger partial charge in [-0.3, -0.25) is 9.69 Å². The highest BCUT2D eigenvalue weighted by molar-refractivity contribution is 5.96. The number of ketones is 1. The summed E-state index contributed by atoms with van der Waals surface area (Å²) < 4.78 is 1.86. The molecular weight excluding hydrogens is 290 g/mol. The fourth-order valence-electron chi connectivity index (χ4n) is 2.83. The van der Waals surface area contributed by atoms with Crippen LogP contribution in [0.5, 0.6) is 0 Å². The number of rotatable bonds is 4. The molecule has 1 aliphatic heterocycles. The van der Waals surface area contributed by atoms with Crippen LogP contribution in [-0.2, 0) is 7.05 Å². The maximum absolute atomic E-state index is 12.3. The molecule has 1 fully saturated rings. The number of hydrogen-bond donors (Lipinski definition) is 0. The van der Waals surface area contributed by atoms with Crippen molar-refractivity contribution in [3.8, 4) is 6.07 Å². The Kier molecular flexibility index (Phi) is 4.40. The summed E-state index contributed by atoms with van der Waals surface area (Å²) in [4.78, 5) is 21.0. The fraction of sp³-hybridized carbons (Fsp3) is 0.353. The number of hydrogen-bond acceptors (Lipinski definition) is 5. The molecular formula is C17H19N5O. The molecule has 118 valence electrons. The molecule has 6 heteroatoms. The van der Waals surface area contributed by atoms with Crippen LogP contribution in [0.2, 0.25) is 0 Å². The Balaban J connectivity index is 1.57. The minimum atomic E-state index is 0.149. The zero-order valence-electron chi connectivity index (χ0n) is 13.1. The van der Waals surface area contributed by atoms with E-state index in [4.69, 9.17) is 5.26 Å². The molecule has 3 rings (SSSR count). The average Bonchev–Trinajstić information content (AvgIpc) is 3.02. The quantitative estimate of drug-likeness (QED) is 0.797. The summed E-state index contributed by atoms with van der Waals surface area (Å²) in [6, 6.07) is 9.40. The number of nitriles is 1. The molecule has 0 saturated carbocycles. The summed E-state index contributed by atoms with van der Waals surface area (Å²) >= 11 is 0. The predicted octanol–water partition coefficient (Wildman–Crippen LogP) is 1.30. The molecule has 0 bridgehead atoms. The molecule has 0 unspecified atom stereocenters. The lowest BCUT2D eigenvalue weighted by Crippen LogP contribution is -2.48. The second-order valence-corrected chi connectivity index (χ2v) is 5.71. The molecule has 23 heavy (non-hydrogen) atoms. The largest absolute Gasteiger partial charge is 0.354 e. The minimum Gasteiger partial charge on any atom is -0.354 e. The number of aromatic nitrogens is 2. The van der Waals surface area contributed by atoms with E-state index in [2.05, 4.69) is 20.9 Å². The first-order valence-electron chi connectivity index (χ1n) is 7.65. The fourth-order valence-corrected chi connectivity index (χ4v) is 2.83. The maximum atomic E-state index is 12.3. The number of pyridine rings is 1. The summed E-state index contributed by atoms with van der Waals surface area (Å²) in [5.74, 6) is 0.980.